The molecule has 2 aromatic carbocycles. The lowest BCUT2D eigenvalue weighted by Crippen LogP contribution is -1.90. The molecule has 0 aliphatic rings. The standard InChI is InChI=1S/C16H13N3O2S/c1-11-4-2-6-13(8-11)17-16-18-15(10-22-16)12-5-3-7-14(9-12)19(20)21/h2-10H,1H3,(H,17,18). The van der Waals surface area contributed by atoms with Gasteiger partial charge in [-0.1, -0.05) is 24.3 Å². The van der Waals surface area contributed by atoms with Crippen molar-refractivity contribution in [1.29, 1.82) is 0 Å². The lowest BCUT2D eigenvalue weighted by molar-refractivity contribution is -0.384. The van der Waals surface area contributed by atoms with Crippen molar-refractivity contribution >= 4 is 27.8 Å². The predicted molar refractivity (Wildman–Crippen MR) is 88.7 cm³/mol. The van der Waals surface area contributed by atoms with E-state index in [4.69, 9.17) is 0 Å². The number of rotatable bonds is 4. The molecule has 0 radical (unpaired) electrons. The van der Waals surface area contributed by atoms with Crippen LogP contribution < -0.4 is 5.32 Å². The molecule has 5 nitrogen and oxygen atoms in total. The van der Waals surface area contributed by atoms with E-state index in [0.29, 0.717) is 0 Å². The number of hydrogen-bond acceptors (Lipinski definition) is 5. The van der Waals surface area contributed by atoms with Crippen LogP contribution in [0.15, 0.2) is 53.9 Å². The summed E-state index contributed by atoms with van der Waals surface area (Å²) >= 11 is 1.47. The minimum absolute atomic E-state index is 0.0682. The van der Waals surface area contributed by atoms with E-state index >= 15 is 0 Å². The maximum Gasteiger partial charge on any atom is 0.270 e. The number of anilines is 2. The Bertz CT molecular complexity index is 830. The Morgan fingerprint density at radius 1 is 1.18 bits per heavy atom. The molecule has 0 aliphatic heterocycles. The molecule has 0 saturated heterocycles. The Hall–Kier alpha value is -2.73. The molecule has 0 spiro atoms. The third-order valence-electron chi connectivity index (χ3n) is 3.13. The molecule has 22 heavy (non-hydrogen) atoms. The minimum Gasteiger partial charge on any atom is -0.332 e. The van der Waals surface area contributed by atoms with Crippen LogP contribution in [-0.2, 0) is 0 Å². The first-order valence-electron chi connectivity index (χ1n) is 6.66. The van der Waals surface area contributed by atoms with E-state index in [0.717, 1.165) is 22.1 Å². The van der Waals surface area contributed by atoms with Gasteiger partial charge in [0.15, 0.2) is 5.13 Å². The van der Waals surface area contributed by atoms with Crippen LogP contribution in [0.5, 0.6) is 0 Å². The summed E-state index contributed by atoms with van der Waals surface area (Å²) in [7, 11) is 0. The SMILES string of the molecule is Cc1cccc(Nc2nc(-c3cccc([N+](=O)[O-])c3)cs2)c1. The molecule has 0 fully saturated rings. The zero-order valence-corrected chi connectivity index (χ0v) is 12.6. The molecule has 3 rings (SSSR count). The molecular weight excluding hydrogens is 298 g/mol. The highest BCUT2D eigenvalue weighted by Crippen LogP contribution is 2.29. The molecule has 1 N–H and O–H groups in total. The molecular formula is C16H13N3O2S. The first kappa shape index (κ1) is 14.2. The number of aryl methyl sites for hydroxylation is 1. The van der Waals surface area contributed by atoms with E-state index in [1.165, 1.54) is 29.0 Å². The normalized spacial score (nSPS) is 10.4. The summed E-state index contributed by atoms with van der Waals surface area (Å²) in [5, 5.41) is 16.7. The molecule has 1 heterocycles. The van der Waals surface area contributed by atoms with Gasteiger partial charge in [-0.15, -0.1) is 11.3 Å². The van der Waals surface area contributed by atoms with E-state index in [-0.39, 0.29) is 5.69 Å². The van der Waals surface area contributed by atoms with Crippen LogP contribution in [0.1, 0.15) is 5.56 Å². The summed E-state index contributed by atoms with van der Waals surface area (Å²) in [5.74, 6) is 0. The fourth-order valence-electron chi connectivity index (χ4n) is 2.09. The van der Waals surface area contributed by atoms with Gasteiger partial charge in [-0.2, -0.15) is 0 Å². The number of aromatic nitrogens is 1. The van der Waals surface area contributed by atoms with Crippen LogP contribution in [0.4, 0.5) is 16.5 Å². The van der Waals surface area contributed by atoms with Crippen LogP contribution in [0.2, 0.25) is 0 Å². The number of nitrogens with zero attached hydrogens (tertiary/aromatic N) is 2. The van der Waals surface area contributed by atoms with Crippen molar-refractivity contribution in [2.24, 2.45) is 0 Å². The van der Waals surface area contributed by atoms with Gasteiger partial charge in [0, 0.05) is 28.8 Å². The van der Waals surface area contributed by atoms with Crippen molar-refractivity contribution in [3.05, 3.63) is 69.6 Å². The molecule has 110 valence electrons. The Labute approximate surface area is 131 Å². The zero-order chi connectivity index (χ0) is 15.5. The highest BCUT2D eigenvalue weighted by molar-refractivity contribution is 7.14. The fourth-order valence-corrected chi connectivity index (χ4v) is 2.83. The van der Waals surface area contributed by atoms with Crippen LogP contribution in [0.25, 0.3) is 11.3 Å². The average molecular weight is 311 g/mol. The second kappa shape index (κ2) is 5.95. The zero-order valence-electron chi connectivity index (χ0n) is 11.8. The first-order chi connectivity index (χ1) is 10.6. The number of nitro benzene ring substituents is 1. The Morgan fingerprint density at radius 3 is 2.77 bits per heavy atom. The van der Waals surface area contributed by atoms with Gasteiger partial charge >= 0.3 is 0 Å². The Morgan fingerprint density at radius 2 is 2.00 bits per heavy atom. The predicted octanol–water partition coefficient (Wildman–Crippen LogP) is 4.77. The van der Waals surface area contributed by atoms with Gasteiger partial charge in [-0.05, 0) is 24.6 Å². The fraction of sp³-hybridized carbons (Fsp3) is 0.0625. The molecule has 0 saturated carbocycles. The summed E-state index contributed by atoms with van der Waals surface area (Å²) < 4.78 is 0. The van der Waals surface area contributed by atoms with Crippen molar-refractivity contribution in [1.82, 2.24) is 4.98 Å². The molecule has 6 heteroatoms. The quantitative estimate of drug-likeness (QED) is 0.556. The monoisotopic (exact) mass is 311 g/mol. The van der Waals surface area contributed by atoms with Gasteiger partial charge in [0.1, 0.15) is 0 Å². The van der Waals surface area contributed by atoms with Crippen molar-refractivity contribution in [2.75, 3.05) is 5.32 Å². The minimum atomic E-state index is -0.401. The van der Waals surface area contributed by atoms with Crippen LogP contribution in [-0.4, -0.2) is 9.91 Å². The second-order valence-electron chi connectivity index (χ2n) is 4.84. The number of nitrogens with one attached hydrogen (secondary N) is 1. The number of benzene rings is 2. The van der Waals surface area contributed by atoms with Gasteiger partial charge in [0.2, 0.25) is 0 Å². The van der Waals surface area contributed by atoms with Crippen molar-refractivity contribution < 1.29 is 4.92 Å². The van der Waals surface area contributed by atoms with Gasteiger partial charge < -0.3 is 5.32 Å². The number of hydrogen-bond donors (Lipinski definition) is 1. The second-order valence-corrected chi connectivity index (χ2v) is 5.70. The molecule has 0 aliphatic carbocycles. The maximum atomic E-state index is 10.8. The number of nitro groups is 1. The van der Waals surface area contributed by atoms with Crippen molar-refractivity contribution in [3.8, 4) is 11.3 Å². The molecule has 0 bridgehead atoms. The molecule has 1 aromatic heterocycles. The van der Waals surface area contributed by atoms with E-state index in [1.54, 1.807) is 6.07 Å². The first-order valence-corrected chi connectivity index (χ1v) is 7.54. The Kier molecular flexibility index (Phi) is 3.84. The van der Waals surface area contributed by atoms with E-state index < -0.39 is 4.92 Å². The van der Waals surface area contributed by atoms with Crippen LogP contribution in [0, 0.1) is 17.0 Å². The van der Waals surface area contributed by atoms with E-state index in [9.17, 15) is 10.1 Å². The lowest BCUT2D eigenvalue weighted by Gasteiger charge is -2.03. The van der Waals surface area contributed by atoms with Gasteiger partial charge in [-0.3, -0.25) is 10.1 Å². The van der Waals surface area contributed by atoms with Crippen LogP contribution in [0.3, 0.4) is 0 Å². The van der Waals surface area contributed by atoms with E-state index in [2.05, 4.69) is 10.3 Å². The summed E-state index contributed by atoms with van der Waals surface area (Å²) in [6.07, 6.45) is 0. The lowest BCUT2D eigenvalue weighted by atomic mass is 10.1. The summed E-state index contributed by atoms with van der Waals surface area (Å²) in [4.78, 5) is 14.9. The summed E-state index contributed by atoms with van der Waals surface area (Å²) in [6.45, 7) is 2.03. The largest absolute Gasteiger partial charge is 0.332 e. The highest BCUT2D eigenvalue weighted by Gasteiger charge is 2.10. The van der Waals surface area contributed by atoms with Crippen molar-refractivity contribution in [3.63, 3.8) is 0 Å². The van der Waals surface area contributed by atoms with Gasteiger partial charge in [0.05, 0.1) is 10.6 Å². The molecule has 0 amide bonds. The third-order valence-corrected chi connectivity index (χ3v) is 3.88. The molecule has 0 atom stereocenters. The Balaban J connectivity index is 1.84. The summed E-state index contributed by atoms with van der Waals surface area (Å²) in [5.41, 5.74) is 3.67. The smallest absolute Gasteiger partial charge is 0.270 e. The third kappa shape index (κ3) is 3.12. The van der Waals surface area contributed by atoms with Crippen LogP contribution >= 0.6 is 11.3 Å². The van der Waals surface area contributed by atoms with E-state index in [1.807, 2.05) is 42.6 Å². The maximum absolute atomic E-state index is 10.8. The average Bonchev–Trinajstić information content (AvgIpc) is 2.96. The topological polar surface area (TPSA) is 68.1 Å². The van der Waals surface area contributed by atoms with Gasteiger partial charge in [0.25, 0.3) is 5.69 Å². The van der Waals surface area contributed by atoms with Crippen molar-refractivity contribution in [2.45, 2.75) is 6.92 Å². The molecule has 3 aromatic rings. The molecule has 0 unspecified atom stereocenters. The number of non-ortho nitro benzene ring substituents is 1. The summed E-state index contributed by atoms with van der Waals surface area (Å²) in [6, 6.07) is 14.5. The van der Waals surface area contributed by atoms with Gasteiger partial charge in [-0.25, -0.2) is 4.98 Å². The highest BCUT2D eigenvalue weighted by atomic mass is 32.1. The number of thiazole rings is 1.